The van der Waals surface area contributed by atoms with Crippen LogP contribution in [-0.4, -0.2) is 28.9 Å². The molecule has 1 aromatic rings. The van der Waals surface area contributed by atoms with Gasteiger partial charge in [-0.1, -0.05) is 13.8 Å². The summed E-state index contributed by atoms with van der Waals surface area (Å²) in [5, 5.41) is 12.4. The standard InChI is InChI=1S/C15H21F2NO2S/c1-3-15(14(19)20,18-4-2)8-5-9-21-13-10-11(16)6-7-12(13)17/h6-7,10,18H,3-5,8-9H2,1-2H3,(H,19,20). The van der Waals surface area contributed by atoms with Crippen LogP contribution >= 0.6 is 11.8 Å². The van der Waals surface area contributed by atoms with Gasteiger partial charge in [-0.25, -0.2) is 8.78 Å². The van der Waals surface area contributed by atoms with E-state index in [4.69, 9.17) is 0 Å². The largest absolute Gasteiger partial charge is 0.480 e. The smallest absolute Gasteiger partial charge is 0.323 e. The molecule has 1 atom stereocenters. The predicted molar refractivity (Wildman–Crippen MR) is 80.7 cm³/mol. The fraction of sp³-hybridized carbons (Fsp3) is 0.533. The summed E-state index contributed by atoms with van der Waals surface area (Å²) in [6.07, 6.45) is 1.54. The Bertz CT molecular complexity index is 485. The van der Waals surface area contributed by atoms with Gasteiger partial charge in [0.15, 0.2) is 0 Å². The minimum Gasteiger partial charge on any atom is -0.480 e. The van der Waals surface area contributed by atoms with E-state index < -0.39 is 23.1 Å². The second-order valence-electron chi connectivity index (χ2n) is 4.80. The van der Waals surface area contributed by atoms with Gasteiger partial charge >= 0.3 is 5.97 Å². The zero-order chi connectivity index (χ0) is 15.9. The number of carboxylic acids is 1. The molecule has 0 aromatic heterocycles. The van der Waals surface area contributed by atoms with Gasteiger partial charge in [0.05, 0.1) is 0 Å². The van der Waals surface area contributed by atoms with E-state index in [1.165, 1.54) is 11.8 Å². The van der Waals surface area contributed by atoms with Gasteiger partial charge in [0, 0.05) is 4.90 Å². The van der Waals surface area contributed by atoms with Crippen LogP contribution in [0.25, 0.3) is 0 Å². The van der Waals surface area contributed by atoms with Crippen molar-refractivity contribution in [2.45, 2.75) is 43.5 Å². The Hall–Kier alpha value is -1.14. The van der Waals surface area contributed by atoms with Crippen molar-refractivity contribution in [3.8, 4) is 0 Å². The van der Waals surface area contributed by atoms with E-state index in [-0.39, 0.29) is 4.90 Å². The highest BCUT2D eigenvalue weighted by Crippen LogP contribution is 2.26. The lowest BCUT2D eigenvalue weighted by atomic mass is 9.91. The Labute approximate surface area is 128 Å². The number of benzene rings is 1. The molecule has 118 valence electrons. The van der Waals surface area contributed by atoms with Gasteiger partial charge in [0.2, 0.25) is 0 Å². The molecule has 0 aliphatic carbocycles. The molecule has 3 nitrogen and oxygen atoms in total. The number of carboxylic acid groups (broad SMARTS) is 1. The molecule has 6 heteroatoms. The minimum absolute atomic E-state index is 0.260. The topological polar surface area (TPSA) is 49.3 Å². The lowest BCUT2D eigenvalue weighted by molar-refractivity contribution is -0.145. The Morgan fingerprint density at radius 3 is 2.67 bits per heavy atom. The Morgan fingerprint density at radius 1 is 1.38 bits per heavy atom. The van der Waals surface area contributed by atoms with E-state index in [1.807, 2.05) is 13.8 Å². The maximum Gasteiger partial charge on any atom is 0.323 e. The molecule has 0 saturated carbocycles. The highest BCUT2D eigenvalue weighted by atomic mass is 32.2. The molecular formula is C15H21F2NO2S. The first kappa shape index (κ1) is 17.9. The Morgan fingerprint density at radius 2 is 2.10 bits per heavy atom. The maximum absolute atomic E-state index is 13.5. The molecule has 0 saturated heterocycles. The first-order chi connectivity index (χ1) is 9.95. The van der Waals surface area contributed by atoms with Crippen LogP contribution in [-0.2, 0) is 4.79 Å². The summed E-state index contributed by atoms with van der Waals surface area (Å²) in [6, 6.07) is 3.34. The van der Waals surface area contributed by atoms with E-state index in [0.717, 1.165) is 18.2 Å². The molecule has 21 heavy (non-hydrogen) atoms. The molecular weight excluding hydrogens is 296 g/mol. The zero-order valence-corrected chi connectivity index (χ0v) is 13.1. The van der Waals surface area contributed by atoms with Crippen molar-refractivity contribution in [1.29, 1.82) is 0 Å². The van der Waals surface area contributed by atoms with E-state index in [0.29, 0.717) is 31.6 Å². The third kappa shape index (κ3) is 4.97. The molecule has 1 aromatic carbocycles. The summed E-state index contributed by atoms with van der Waals surface area (Å²) in [5.41, 5.74) is -0.935. The maximum atomic E-state index is 13.5. The fourth-order valence-corrected chi connectivity index (χ4v) is 3.12. The second kappa shape index (κ2) is 8.34. The van der Waals surface area contributed by atoms with Crippen molar-refractivity contribution in [3.63, 3.8) is 0 Å². The van der Waals surface area contributed by atoms with Crippen molar-refractivity contribution in [2.24, 2.45) is 0 Å². The second-order valence-corrected chi connectivity index (χ2v) is 5.93. The quantitative estimate of drug-likeness (QED) is 0.539. The predicted octanol–water partition coefficient (Wildman–Crippen LogP) is 3.68. The number of halogens is 2. The average Bonchev–Trinajstić information content (AvgIpc) is 2.45. The van der Waals surface area contributed by atoms with Crippen molar-refractivity contribution in [3.05, 3.63) is 29.8 Å². The van der Waals surface area contributed by atoms with Crippen LogP contribution in [0, 0.1) is 11.6 Å². The van der Waals surface area contributed by atoms with Gasteiger partial charge in [-0.3, -0.25) is 4.79 Å². The van der Waals surface area contributed by atoms with Gasteiger partial charge in [0.1, 0.15) is 17.2 Å². The van der Waals surface area contributed by atoms with Crippen LogP contribution in [0.5, 0.6) is 0 Å². The van der Waals surface area contributed by atoms with Gasteiger partial charge in [-0.2, -0.15) is 0 Å². The highest BCUT2D eigenvalue weighted by molar-refractivity contribution is 7.99. The molecule has 2 N–H and O–H groups in total. The van der Waals surface area contributed by atoms with Gasteiger partial charge in [0.25, 0.3) is 0 Å². The first-order valence-corrected chi connectivity index (χ1v) is 8.00. The van der Waals surface area contributed by atoms with Crippen LogP contribution in [0.4, 0.5) is 8.78 Å². The number of thioether (sulfide) groups is 1. The molecule has 0 radical (unpaired) electrons. The number of likely N-dealkylation sites (N-methyl/N-ethyl adjacent to an activating group) is 1. The van der Waals surface area contributed by atoms with Crippen molar-refractivity contribution in [1.82, 2.24) is 5.32 Å². The lowest BCUT2D eigenvalue weighted by Crippen LogP contribution is -2.51. The molecule has 0 amide bonds. The van der Waals surface area contributed by atoms with E-state index >= 15 is 0 Å². The molecule has 0 spiro atoms. The van der Waals surface area contributed by atoms with Crippen LogP contribution in [0.2, 0.25) is 0 Å². The molecule has 0 bridgehead atoms. The van der Waals surface area contributed by atoms with Gasteiger partial charge < -0.3 is 10.4 Å². The van der Waals surface area contributed by atoms with Gasteiger partial charge in [-0.15, -0.1) is 11.8 Å². The number of hydrogen-bond donors (Lipinski definition) is 2. The van der Waals surface area contributed by atoms with E-state index in [2.05, 4.69) is 5.32 Å². The molecule has 1 unspecified atom stereocenters. The summed E-state index contributed by atoms with van der Waals surface area (Å²) in [5.74, 6) is -1.25. The Balaban J connectivity index is 2.55. The van der Waals surface area contributed by atoms with E-state index in [1.54, 1.807) is 0 Å². The van der Waals surface area contributed by atoms with Crippen molar-refractivity contribution < 1.29 is 18.7 Å². The SMILES string of the molecule is CCNC(CC)(CCCSc1cc(F)ccc1F)C(=O)O. The van der Waals surface area contributed by atoms with E-state index in [9.17, 15) is 18.7 Å². The molecule has 0 aliphatic heterocycles. The Kier molecular flexibility index (Phi) is 7.11. The normalized spacial score (nSPS) is 13.9. The zero-order valence-electron chi connectivity index (χ0n) is 12.3. The molecule has 1 rings (SSSR count). The molecule has 0 fully saturated rings. The summed E-state index contributed by atoms with van der Waals surface area (Å²) in [7, 11) is 0. The average molecular weight is 317 g/mol. The summed E-state index contributed by atoms with van der Waals surface area (Å²) in [6.45, 7) is 4.27. The summed E-state index contributed by atoms with van der Waals surface area (Å²) in [4.78, 5) is 11.7. The van der Waals surface area contributed by atoms with Gasteiger partial charge in [-0.05, 0) is 49.8 Å². The number of nitrogens with one attached hydrogen (secondary N) is 1. The highest BCUT2D eigenvalue weighted by Gasteiger charge is 2.34. The fourth-order valence-electron chi connectivity index (χ4n) is 2.21. The molecule has 0 aliphatic rings. The van der Waals surface area contributed by atoms with Crippen molar-refractivity contribution in [2.75, 3.05) is 12.3 Å². The third-order valence-electron chi connectivity index (χ3n) is 3.43. The molecule has 0 heterocycles. The number of carbonyl (C=O) groups is 1. The third-order valence-corrected chi connectivity index (χ3v) is 4.54. The summed E-state index contributed by atoms with van der Waals surface area (Å²) < 4.78 is 26.5. The van der Waals surface area contributed by atoms with Crippen LogP contribution in [0.15, 0.2) is 23.1 Å². The van der Waals surface area contributed by atoms with Crippen LogP contribution < -0.4 is 5.32 Å². The first-order valence-electron chi connectivity index (χ1n) is 7.01. The lowest BCUT2D eigenvalue weighted by Gasteiger charge is -2.29. The van der Waals surface area contributed by atoms with Crippen molar-refractivity contribution >= 4 is 17.7 Å². The van der Waals surface area contributed by atoms with Crippen LogP contribution in [0.3, 0.4) is 0 Å². The monoisotopic (exact) mass is 317 g/mol. The summed E-state index contributed by atoms with van der Waals surface area (Å²) >= 11 is 1.21. The number of hydrogen-bond acceptors (Lipinski definition) is 3. The minimum atomic E-state index is -0.935. The number of aliphatic carboxylic acids is 1. The number of rotatable bonds is 9. The van der Waals surface area contributed by atoms with Crippen LogP contribution in [0.1, 0.15) is 33.1 Å².